The quantitative estimate of drug-likeness (QED) is 0.478. The molecule has 0 bridgehead atoms. The fraction of sp³-hybridized carbons (Fsp3) is 0.348. The number of aromatic nitrogens is 2. The van der Waals surface area contributed by atoms with Crippen molar-refractivity contribution in [3.05, 3.63) is 53.7 Å². The van der Waals surface area contributed by atoms with Gasteiger partial charge in [0.15, 0.2) is 6.10 Å². The van der Waals surface area contributed by atoms with Gasteiger partial charge < -0.3 is 18.9 Å². The lowest BCUT2D eigenvalue weighted by Gasteiger charge is -2.23. The van der Waals surface area contributed by atoms with Gasteiger partial charge in [0.25, 0.3) is 0 Å². The van der Waals surface area contributed by atoms with Gasteiger partial charge in [0.05, 0.1) is 23.3 Å². The van der Waals surface area contributed by atoms with Crippen molar-refractivity contribution in [3.8, 4) is 17.4 Å². The summed E-state index contributed by atoms with van der Waals surface area (Å²) in [6.07, 6.45) is 3.87. The minimum Gasteiger partial charge on any atom is -0.479 e. The highest BCUT2D eigenvalue weighted by molar-refractivity contribution is 6.31. The molecule has 7 nitrogen and oxygen atoms in total. The molecule has 162 valence electrons. The number of hydrogen-bond donors (Lipinski definition) is 0. The number of ether oxygens (including phenoxy) is 4. The van der Waals surface area contributed by atoms with Crippen LogP contribution < -0.4 is 9.47 Å². The number of rotatable bonds is 7. The van der Waals surface area contributed by atoms with Gasteiger partial charge >= 0.3 is 5.97 Å². The first-order valence-corrected chi connectivity index (χ1v) is 10.6. The average Bonchev–Trinajstić information content (AvgIpc) is 2.79. The smallest absolute Gasteiger partial charge is 0.347 e. The van der Waals surface area contributed by atoms with E-state index in [0.29, 0.717) is 33.4 Å². The predicted molar refractivity (Wildman–Crippen MR) is 116 cm³/mol. The summed E-state index contributed by atoms with van der Waals surface area (Å²) in [6, 6.07) is 12.2. The Kier molecular flexibility index (Phi) is 6.84. The number of benzene rings is 2. The van der Waals surface area contributed by atoms with E-state index in [1.54, 1.807) is 49.4 Å². The van der Waals surface area contributed by atoms with Crippen LogP contribution in [0.3, 0.4) is 0 Å². The van der Waals surface area contributed by atoms with Gasteiger partial charge in [-0.15, -0.1) is 0 Å². The number of carbonyl (C=O) groups excluding carboxylic acids is 1. The van der Waals surface area contributed by atoms with Crippen LogP contribution in [0.25, 0.3) is 11.0 Å². The third-order valence-electron chi connectivity index (χ3n) is 4.86. The van der Waals surface area contributed by atoms with Crippen molar-refractivity contribution < 1.29 is 23.7 Å². The summed E-state index contributed by atoms with van der Waals surface area (Å²) in [5.41, 5.74) is 1.38. The van der Waals surface area contributed by atoms with Crippen LogP contribution in [0.1, 0.15) is 26.2 Å². The normalized spacial score (nSPS) is 17.2. The Bertz CT molecular complexity index is 1040. The van der Waals surface area contributed by atoms with Gasteiger partial charge in [-0.1, -0.05) is 11.6 Å². The molecule has 2 aromatic carbocycles. The van der Waals surface area contributed by atoms with Gasteiger partial charge in [-0.3, -0.25) is 0 Å². The zero-order valence-electron chi connectivity index (χ0n) is 17.1. The van der Waals surface area contributed by atoms with Crippen LogP contribution in [0, 0.1) is 0 Å². The maximum Gasteiger partial charge on any atom is 0.347 e. The number of hydrogen-bond acceptors (Lipinski definition) is 7. The van der Waals surface area contributed by atoms with Crippen LogP contribution in [0.5, 0.6) is 17.4 Å². The fourth-order valence-corrected chi connectivity index (χ4v) is 3.37. The molecule has 1 fully saturated rings. The molecule has 0 amide bonds. The highest BCUT2D eigenvalue weighted by Gasteiger charge is 2.20. The minimum atomic E-state index is -0.728. The lowest BCUT2D eigenvalue weighted by atomic mass is 10.1. The highest BCUT2D eigenvalue weighted by atomic mass is 35.5. The lowest BCUT2D eigenvalue weighted by Crippen LogP contribution is -2.31. The molecular formula is C23H23ClN2O5. The summed E-state index contributed by atoms with van der Waals surface area (Å²) in [7, 11) is 0. The summed E-state index contributed by atoms with van der Waals surface area (Å²) in [4.78, 5) is 20.9. The molecule has 2 unspecified atom stereocenters. The summed E-state index contributed by atoms with van der Waals surface area (Å²) in [6.45, 7) is 2.64. The first-order chi connectivity index (χ1) is 15.1. The summed E-state index contributed by atoms with van der Waals surface area (Å²) in [5, 5.41) is 0.603. The van der Waals surface area contributed by atoms with Crippen molar-refractivity contribution in [2.45, 2.75) is 38.4 Å². The van der Waals surface area contributed by atoms with Crippen LogP contribution in [0.15, 0.2) is 48.7 Å². The minimum absolute atomic E-state index is 0.0171. The zero-order valence-corrected chi connectivity index (χ0v) is 17.9. The van der Waals surface area contributed by atoms with E-state index >= 15 is 0 Å². The number of carbonyl (C=O) groups is 1. The van der Waals surface area contributed by atoms with Crippen molar-refractivity contribution in [2.75, 3.05) is 13.2 Å². The fourth-order valence-electron chi connectivity index (χ4n) is 3.21. The van der Waals surface area contributed by atoms with Crippen molar-refractivity contribution in [1.29, 1.82) is 0 Å². The molecule has 1 aliphatic heterocycles. The molecule has 2 heterocycles. The maximum atomic E-state index is 12.2. The van der Waals surface area contributed by atoms with Crippen molar-refractivity contribution in [1.82, 2.24) is 9.97 Å². The zero-order chi connectivity index (χ0) is 21.6. The first kappa shape index (κ1) is 21.3. The topological polar surface area (TPSA) is 79.8 Å². The molecule has 1 aliphatic rings. The van der Waals surface area contributed by atoms with E-state index in [0.717, 1.165) is 25.9 Å². The van der Waals surface area contributed by atoms with E-state index in [2.05, 4.69) is 9.97 Å². The Morgan fingerprint density at radius 3 is 2.74 bits per heavy atom. The van der Waals surface area contributed by atoms with E-state index < -0.39 is 12.1 Å². The highest BCUT2D eigenvalue weighted by Crippen LogP contribution is 2.25. The number of fused-ring (bicyclic) bond motifs is 1. The SMILES string of the molecule is CC(Oc1ccc(Oc2cnc3cc(Cl)ccc3n2)cc1)C(=O)OCC1CCCCO1. The Labute approximate surface area is 185 Å². The van der Waals surface area contributed by atoms with Crippen molar-refractivity contribution in [3.63, 3.8) is 0 Å². The number of esters is 1. The standard InChI is InChI=1S/C23H23ClN2O5/c1-15(23(27)29-14-19-4-2-3-11-28-19)30-17-6-8-18(9-7-17)31-22-13-25-21-12-16(24)5-10-20(21)26-22/h5-10,12-13,15,19H,2-4,11,14H2,1H3. The molecule has 0 N–H and O–H groups in total. The Morgan fingerprint density at radius 2 is 1.97 bits per heavy atom. The number of halogens is 1. The summed E-state index contributed by atoms with van der Waals surface area (Å²) < 4.78 is 22.3. The second-order valence-corrected chi connectivity index (χ2v) is 7.73. The van der Waals surface area contributed by atoms with Gasteiger partial charge in [0.2, 0.25) is 5.88 Å². The number of nitrogens with zero attached hydrogens (tertiary/aromatic N) is 2. The van der Waals surface area contributed by atoms with Crippen LogP contribution in [-0.4, -0.2) is 41.4 Å². The molecule has 1 saturated heterocycles. The van der Waals surface area contributed by atoms with E-state index in [1.807, 2.05) is 0 Å². The monoisotopic (exact) mass is 442 g/mol. The molecule has 3 aromatic rings. The second-order valence-electron chi connectivity index (χ2n) is 7.29. The molecule has 0 saturated carbocycles. The third kappa shape index (κ3) is 5.83. The Balaban J connectivity index is 1.30. The third-order valence-corrected chi connectivity index (χ3v) is 5.09. The van der Waals surface area contributed by atoms with E-state index in [9.17, 15) is 4.79 Å². The van der Waals surface area contributed by atoms with Crippen LogP contribution >= 0.6 is 11.6 Å². The van der Waals surface area contributed by atoms with Gasteiger partial charge in [0, 0.05) is 11.6 Å². The molecule has 1 aromatic heterocycles. The maximum absolute atomic E-state index is 12.2. The van der Waals surface area contributed by atoms with Gasteiger partial charge in [-0.2, -0.15) is 0 Å². The van der Waals surface area contributed by atoms with Gasteiger partial charge in [-0.25, -0.2) is 14.8 Å². The Morgan fingerprint density at radius 1 is 1.16 bits per heavy atom. The second kappa shape index (κ2) is 9.94. The van der Waals surface area contributed by atoms with Crippen molar-refractivity contribution >= 4 is 28.6 Å². The summed E-state index contributed by atoms with van der Waals surface area (Å²) in [5.74, 6) is 1.05. The van der Waals surface area contributed by atoms with Crippen LogP contribution in [-0.2, 0) is 14.3 Å². The molecular weight excluding hydrogens is 420 g/mol. The van der Waals surface area contributed by atoms with Crippen LogP contribution in [0.4, 0.5) is 0 Å². The van der Waals surface area contributed by atoms with E-state index in [1.165, 1.54) is 6.20 Å². The van der Waals surface area contributed by atoms with Crippen LogP contribution in [0.2, 0.25) is 5.02 Å². The lowest BCUT2D eigenvalue weighted by molar-refractivity contribution is -0.156. The molecule has 31 heavy (non-hydrogen) atoms. The molecule has 0 spiro atoms. The molecule has 8 heteroatoms. The predicted octanol–water partition coefficient (Wildman–Crippen LogP) is 4.96. The largest absolute Gasteiger partial charge is 0.479 e. The van der Waals surface area contributed by atoms with Gasteiger partial charge in [-0.05, 0) is 68.7 Å². The molecule has 0 aliphatic carbocycles. The average molecular weight is 443 g/mol. The first-order valence-electron chi connectivity index (χ1n) is 10.2. The summed E-state index contributed by atoms with van der Waals surface area (Å²) >= 11 is 5.97. The Hall–Kier alpha value is -2.90. The molecule has 0 radical (unpaired) electrons. The molecule has 2 atom stereocenters. The van der Waals surface area contributed by atoms with E-state index in [4.69, 9.17) is 30.5 Å². The molecule has 4 rings (SSSR count). The van der Waals surface area contributed by atoms with E-state index in [-0.39, 0.29) is 12.7 Å². The van der Waals surface area contributed by atoms with Gasteiger partial charge in [0.1, 0.15) is 18.1 Å². The van der Waals surface area contributed by atoms with Crippen molar-refractivity contribution in [2.24, 2.45) is 0 Å².